The molecule has 1 fully saturated rings. The number of amides is 2. The van der Waals surface area contributed by atoms with E-state index in [4.69, 9.17) is 5.26 Å². The number of nitriles is 1. The van der Waals surface area contributed by atoms with Crippen LogP contribution >= 0.6 is 23.1 Å². The summed E-state index contributed by atoms with van der Waals surface area (Å²) in [6.45, 7) is 1.92. The van der Waals surface area contributed by atoms with Crippen molar-refractivity contribution in [3.8, 4) is 6.07 Å². The molecular formula is C19H17N5O2S2. The molecule has 1 N–H and O–H groups in total. The molecule has 9 heteroatoms. The fourth-order valence-corrected chi connectivity index (χ4v) is 5.40. The van der Waals surface area contributed by atoms with Gasteiger partial charge in [-0.2, -0.15) is 10.4 Å². The fourth-order valence-electron chi connectivity index (χ4n) is 3.17. The minimum atomic E-state index is -0.530. The van der Waals surface area contributed by atoms with Gasteiger partial charge in [0.2, 0.25) is 5.91 Å². The zero-order valence-corrected chi connectivity index (χ0v) is 16.9. The molecule has 7 nitrogen and oxygen atoms in total. The first kappa shape index (κ1) is 18.5. The van der Waals surface area contributed by atoms with E-state index < -0.39 is 6.04 Å². The van der Waals surface area contributed by atoms with Crippen LogP contribution in [0.5, 0.6) is 0 Å². The lowest BCUT2D eigenvalue weighted by molar-refractivity contribution is -0.119. The lowest BCUT2D eigenvalue weighted by atomic mass is 10.2. The topological polar surface area (TPSA) is 91.0 Å². The number of nitrogens with zero attached hydrogens (tertiary/aromatic N) is 4. The maximum Gasteiger partial charge on any atom is 0.265 e. The largest absolute Gasteiger partial charge is 0.324 e. The van der Waals surface area contributed by atoms with Crippen LogP contribution in [0, 0.1) is 18.3 Å². The van der Waals surface area contributed by atoms with Crippen LogP contribution < -0.4 is 5.32 Å². The summed E-state index contributed by atoms with van der Waals surface area (Å²) in [6, 6.07) is 10.1. The Bertz CT molecular complexity index is 1080. The van der Waals surface area contributed by atoms with E-state index in [0.717, 1.165) is 15.9 Å². The zero-order chi connectivity index (χ0) is 19.8. The predicted molar refractivity (Wildman–Crippen MR) is 110 cm³/mol. The Morgan fingerprint density at radius 3 is 2.75 bits per heavy atom. The maximum absolute atomic E-state index is 13.1. The number of hydrogen-bond acceptors (Lipinski definition) is 6. The first-order chi connectivity index (χ1) is 13.5. The minimum Gasteiger partial charge on any atom is -0.324 e. The number of carbonyl (C=O) groups excluding carboxylic acids is 2. The van der Waals surface area contributed by atoms with Crippen LogP contribution in [-0.4, -0.2) is 44.2 Å². The van der Waals surface area contributed by atoms with Gasteiger partial charge in [0.05, 0.1) is 28.1 Å². The van der Waals surface area contributed by atoms with E-state index in [9.17, 15) is 9.59 Å². The number of fused-ring (bicyclic) bond motifs is 1. The molecule has 1 saturated heterocycles. The summed E-state index contributed by atoms with van der Waals surface area (Å²) in [7, 11) is 1.86. The molecule has 0 saturated carbocycles. The van der Waals surface area contributed by atoms with Gasteiger partial charge in [-0.1, -0.05) is 0 Å². The van der Waals surface area contributed by atoms with Crippen LogP contribution in [0.3, 0.4) is 0 Å². The van der Waals surface area contributed by atoms with E-state index >= 15 is 0 Å². The van der Waals surface area contributed by atoms with Crippen LogP contribution in [-0.2, 0) is 11.8 Å². The molecule has 28 heavy (non-hydrogen) atoms. The van der Waals surface area contributed by atoms with Crippen LogP contribution in [0.25, 0.3) is 10.2 Å². The summed E-state index contributed by atoms with van der Waals surface area (Å²) in [5, 5.41) is 17.1. The van der Waals surface area contributed by atoms with Gasteiger partial charge in [-0.25, -0.2) is 0 Å². The van der Waals surface area contributed by atoms with Crippen molar-refractivity contribution in [2.75, 3.05) is 16.9 Å². The van der Waals surface area contributed by atoms with Crippen LogP contribution in [0.4, 0.5) is 5.69 Å². The van der Waals surface area contributed by atoms with Crippen molar-refractivity contribution in [3.05, 3.63) is 46.5 Å². The Morgan fingerprint density at radius 2 is 2.07 bits per heavy atom. The number of hydrogen-bond donors (Lipinski definition) is 1. The highest BCUT2D eigenvalue weighted by atomic mass is 32.2. The first-order valence-corrected chi connectivity index (χ1v) is 10.6. The lowest BCUT2D eigenvalue weighted by Crippen LogP contribution is -2.44. The number of carbonyl (C=O) groups is 2. The van der Waals surface area contributed by atoms with E-state index in [-0.39, 0.29) is 11.8 Å². The van der Waals surface area contributed by atoms with Crippen molar-refractivity contribution in [2.45, 2.75) is 13.0 Å². The van der Waals surface area contributed by atoms with Crippen molar-refractivity contribution in [1.29, 1.82) is 5.26 Å². The summed E-state index contributed by atoms with van der Waals surface area (Å²) in [5.74, 6) is 0.683. The van der Waals surface area contributed by atoms with Gasteiger partial charge in [0.25, 0.3) is 5.91 Å². The average Bonchev–Trinajstić information content (AvgIpc) is 3.40. The number of anilines is 1. The number of aryl methyl sites for hydroxylation is 2. The van der Waals surface area contributed by atoms with Gasteiger partial charge < -0.3 is 10.2 Å². The van der Waals surface area contributed by atoms with E-state index in [0.29, 0.717) is 27.8 Å². The van der Waals surface area contributed by atoms with Gasteiger partial charge in [-0.05, 0) is 37.3 Å². The highest BCUT2D eigenvalue weighted by Gasteiger charge is 2.36. The SMILES string of the molecule is Cc1nn(C)c2sc(C(=O)N3CSCC3C(=O)Nc3ccc(C#N)cc3)cc12. The highest BCUT2D eigenvalue weighted by molar-refractivity contribution is 7.99. The fraction of sp³-hybridized carbons (Fsp3) is 0.263. The molecule has 2 amide bonds. The zero-order valence-electron chi connectivity index (χ0n) is 15.3. The molecule has 1 aliphatic rings. The van der Waals surface area contributed by atoms with Crippen molar-refractivity contribution < 1.29 is 9.59 Å². The molecule has 4 rings (SSSR count). The third kappa shape index (κ3) is 3.25. The summed E-state index contributed by atoms with van der Waals surface area (Å²) in [6.07, 6.45) is 0. The van der Waals surface area contributed by atoms with Gasteiger partial charge >= 0.3 is 0 Å². The second-order valence-corrected chi connectivity index (χ2v) is 8.54. The summed E-state index contributed by atoms with van der Waals surface area (Å²) in [5.41, 5.74) is 2.02. The molecule has 1 atom stereocenters. The van der Waals surface area contributed by atoms with E-state index in [1.54, 1.807) is 45.6 Å². The molecule has 1 unspecified atom stereocenters. The summed E-state index contributed by atoms with van der Waals surface area (Å²) in [4.78, 5) is 29.0. The Balaban J connectivity index is 1.53. The average molecular weight is 412 g/mol. The van der Waals surface area contributed by atoms with Crippen molar-refractivity contribution in [3.63, 3.8) is 0 Å². The molecule has 3 aromatic rings. The molecule has 1 aromatic carbocycles. The summed E-state index contributed by atoms with van der Waals surface area (Å²) < 4.78 is 1.78. The van der Waals surface area contributed by atoms with Gasteiger partial charge in [-0.3, -0.25) is 14.3 Å². The quantitative estimate of drug-likeness (QED) is 0.715. The van der Waals surface area contributed by atoms with Crippen LogP contribution in [0.2, 0.25) is 0 Å². The lowest BCUT2D eigenvalue weighted by Gasteiger charge is -2.22. The van der Waals surface area contributed by atoms with Gasteiger partial charge in [0, 0.05) is 23.9 Å². The number of thioether (sulfide) groups is 1. The number of benzene rings is 1. The third-order valence-electron chi connectivity index (χ3n) is 4.63. The molecular weight excluding hydrogens is 394 g/mol. The second kappa shape index (κ2) is 7.30. The van der Waals surface area contributed by atoms with Crippen molar-refractivity contribution in [1.82, 2.24) is 14.7 Å². The molecule has 2 aromatic heterocycles. The van der Waals surface area contributed by atoms with E-state index in [1.165, 1.54) is 11.3 Å². The van der Waals surface area contributed by atoms with E-state index in [1.807, 2.05) is 26.1 Å². The number of thiophene rings is 1. The molecule has 142 valence electrons. The monoisotopic (exact) mass is 411 g/mol. The van der Waals surface area contributed by atoms with Crippen molar-refractivity contribution >= 4 is 50.8 Å². The Hall–Kier alpha value is -2.83. The molecule has 3 heterocycles. The third-order valence-corrected chi connectivity index (χ3v) is 6.84. The standard InChI is InChI=1S/C19H17N5O2S2/c1-11-14-7-16(28-19(14)23(2)22-11)18(26)24-10-27-9-15(24)17(25)21-13-5-3-12(8-20)4-6-13/h3-7,15H,9-10H2,1-2H3,(H,21,25). The number of rotatable bonds is 3. The Labute approximate surface area is 169 Å². The van der Waals surface area contributed by atoms with Gasteiger partial charge in [0.1, 0.15) is 10.9 Å². The number of aromatic nitrogens is 2. The predicted octanol–water partition coefficient (Wildman–Crippen LogP) is 2.97. The Morgan fingerprint density at radius 1 is 1.32 bits per heavy atom. The second-order valence-electron chi connectivity index (χ2n) is 6.51. The molecule has 0 bridgehead atoms. The van der Waals surface area contributed by atoms with Crippen LogP contribution in [0.1, 0.15) is 20.9 Å². The molecule has 1 aliphatic heterocycles. The smallest absolute Gasteiger partial charge is 0.265 e. The van der Waals surface area contributed by atoms with Crippen LogP contribution in [0.15, 0.2) is 30.3 Å². The normalized spacial score (nSPS) is 16.3. The van der Waals surface area contributed by atoms with Gasteiger partial charge in [0.15, 0.2) is 0 Å². The molecule has 0 aliphatic carbocycles. The van der Waals surface area contributed by atoms with E-state index in [2.05, 4.69) is 10.4 Å². The summed E-state index contributed by atoms with van der Waals surface area (Å²) >= 11 is 2.96. The molecule has 0 spiro atoms. The molecule has 0 radical (unpaired) electrons. The number of nitrogens with one attached hydrogen (secondary N) is 1. The minimum absolute atomic E-state index is 0.134. The first-order valence-electron chi connectivity index (χ1n) is 8.61. The maximum atomic E-state index is 13.1. The highest BCUT2D eigenvalue weighted by Crippen LogP contribution is 2.31. The van der Waals surface area contributed by atoms with Crippen molar-refractivity contribution in [2.24, 2.45) is 7.05 Å². The van der Waals surface area contributed by atoms with Gasteiger partial charge in [-0.15, -0.1) is 23.1 Å². The Kier molecular flexibility index (Phi) is 4.83.